The van der Waals surface area contributed by atoms with Crippen LogP contribution < -0.4 is 10.6 Å². The topological polar surface area (TPSA) is 74.3 Å². The number of hydrogen-bond donors (Lipinski definition) is 2. The first kappa shape index (κ1) is 22.5. The number of likely N-dealkylation sites (N-methyl/N-ethyl adjacent to an activating group) is 1. The lowest BCUT2D eigenvalue weighted by Crippen LogP contribution is -2.42. The van der Waals surface area contributed by atoms with Gasteiger partial charge < -0.3 is 15.5 Å². The minimum atomic E-state index is 0.0611. The maximum absolute atomic E-state index is 12.9. The summed E-state index contributed by atoms with van der Waals surface area (Å²) in [5, 5.41) is 6.11. The fourth-order valence-corrected chi connectivity index (χ4v) is 4.66. The number of nitrogens with zero attached hydrogens (tertiary/aromatic N) is 2. The molecule has 0 spiro atoms. The molecule has 0 bridgehead atoms. The van der Waals surface area contributed by atoms with Crippen LogP contribution >= 0.6 is 0 Å². The molecular formula is C26H34N4O2. The summed E-state index contributed by atoms with van der Waals surface area (Å²) in [7, 11) is 4.10. The number of benzene rings is 1. The molecule has 2 N–H and O–H groups in total. The summed E-state index contributed by atoms with van der Waals surface area (Å²) in [6.07, 6.45) is 9.10. The Bertz CT molecular complexity index is 969. The van der Waals surface area contributed by atoms with Gasteiger partial charge in [0.05, 0.1) is 6.42 Å². The quantitative estimate of drug-likeness (QED) is 0.601. The Morgan fingerprint density at radius 1 is 1.28 bits per heavy atom. The van der Waals surface area contributed by atoms with Gasteiger partial charge in [0.1, 0.15) is 0 Å². The molecule has 6 heteroatoms. The number of rotatable bonds is 10. The molecule has 170 valence electrons. The van der Waals surface area contributed by atoms with Crippen LogP contribution in [-0.2, 0) is 22.4 Å². The van der Waals surface area contributed by atoms with Crippen molar-refractivity contribution in [2.24, 2.45) is 5.92 Å². The fraction of sp³-hybridized carbons (Fsp3) is 0.500. The highest BCUT2D eigenvalue weighted by Crippen LogP contribution is 2.39. The Kier molecular flexibility index (Phi) is 6.89. The molecule has 1 aromatic carbocycles. The Hall–Kier alpha value is -2.73. The normalized spacial score (nSPS) is 17.1. The SMILES string of the molecule is Cc1c(C[C@@H](CNC(=O)C[C@@H](CC2CC2)c2cccnc2)N(C)C)ccc2c1CC(=O)N2. The summed E-state index contributed by atoms with van der Waals surface area (Å²) in [5.41, 5.74) is 5.61. The van der Waals surface area contributed by atoms with Crippen LogP contribution in [0.1, 0.15) is 53.9 Å². The van der Waals surface area contributed by atoms with E-state index in [1.165, 1.54) is 24.0 Å². The monoisotopic (exact) mass is 434 g/mol. The number of carbonyl (C=O) groups is 2. The Labute approximate surface area is 190 Å². The first-order chi connectivity index (χ1) is 15.4. The lowest BCUT2D eigenvalue weighted by Gasteiger charge is -2.26. The van der Waals surface area contributed by atoms with E-state index in [-0.39, 0.29) is 23.8 Å². The molecule has 0 unspecified atom stereocenters. The van der Waals surface area contributed by atoms with Crippen LogP contribution in [0.2, 0.25) is 0 Å². The van der Waals surface area contributed by atoms with Crippen molar-refractivity contribution < 1.29 is 9.59 Å². The highest BCUT2D eigenvalue weighted by Gasteiger charge is 2.28. The van der Waals surface area contributed by atoms with Gasteiger partial charge in [-0.15, -0.1) is 0 Å². The van der Waals surface area contributed by atoms with E-state index in [0.717, 1.165) is 35.6 Å². The van der Waals surface area contributed by atoms with Gasteiger partial charge in [0, 0.05) is 37.1 Å². The van der Waals surface area contributed by atoms with Crippen molar-refractivity contribution in [3.05, 3.63) is 58.9 Å². The Balaban J connectivity index is 1.37. The number of amides is 2. The lowest BCUT2D eigenvalue weighted by atomic mass is 9.91. The zero-order valence-corrected chi connectivity index (χ0v) is 19.4. The van der Waals surface area contributed by atoms with E-state index in [0.29, 0.717) is 19.4 Å². The second-order valence-electron chi connectivity index (χ2n) is 9.59. The summed E-state index contributed by atoms with van der Waals surface area (Å²) in [6.45, 7) is 2.69. The summed E-state index contributed by atoms with van der Waals surface area (Å²) < 4.78 is 0. The van der Waals surface area contributed by atoms with Gasteiger partial charge in [0.15, 0.2) is 0 Å². The first-order valence-corrected chi connectivity index (χ1v) is 11.6. The second kappa shape index (κ2) is 9.82. The van der Waals surface area contributed by atoms with Gasteiger partial charge >= 0.3 is 0 Å². The minimum absolute atomic E-state index is 0.0611. The molecule has 2 atom stereocenters. The smallest absolute Gasteiger partial charge is 0.228 e. The van der Waals surface area contributed by atoms with Crippen LogP contribution in [0.15, 0.2) is 36.7 Å². The van der Waals surface area contributed by atoms with Crippen LogP contribution in [-0.4, -0.2) is 48.4 Å². The third-order valence-electron chi connectivity index (χ3n) is 6.95. The van der Waals surface area contributed by atoms with E-state index in [1.54, 1.807) is 6.20 Å². The summed E-state index contributed by atoms with van der Waals surface area (Å²) in [6, 6.07) is 8.33. The van der Waals surface area contributed by atoms with Crippen molar-refractivity contribution in [2.75, 3.05) is 26.0 Å². The Morgan fingerprint density at radius 2 is 2.09 bits per heavy atom. The van der Waals surface area contributed by atoms with Gasteiger partial charge in [-0.1, -0.05) is 25.0 Å². The van der Waals surface area contributed by atoms with Gasteiger partial charge in [-0.05, 0) is 80.1 Å². The van der Waals surface area contributed by atoms with Crippen molar-refractivity contribution in [1.82, 2.24) is 15.2 Å². The zero-order valence-electron chi connectivity index (χ0n) is 19.4. The van der Waals surface area contributed by atoms with Crippen LogP contribution in [0.3, 0.4) is 0 Å². The number of fused-ring (bicyclic) bond motifs is 1. The van der Waals surface area contributed by atoms with Crippen molar-refractivity contribution in [2.45, 2.75) is 57.4 Å². The molecule has 1 aromatic heterocycles. The van der Waals surface area contributed by atoms with Crippen LogP contribution in [0, 0.1) is 12.8 Å². The van der Waals surface area contributed by atoms with Crippen molar-refractivity contribution in [3.63, 3.8) is 0 Å². The number of aromatic nitrogens is 1. The molecule has 6 nitrogen and oxygen atoms in total. The fourth-order valence-electron chi connectivity index (χ4n) is 4.66. The van der Waals surface area contributed by atoms with Crippen molar-refractivity contribution >= 4 is 17.5 Å². The number of anilines is 1. The van der Waals surface area contributed by atoms with E-state index in [2.05, 4.69) is 53.7 Å². The van der Waals surface area contributed by atoms with Crippen LogP contribution in [0.5, 0.6) is 0 Å². The maximum Gasteiger partial charge on any atom is 0.228 e. The zero-order chi connectivity index (χ0) is 22.7. The number of hydrogen-bond acceptors (Lipinski definition) is 4. The third-order valence-corrected chi connectivity index (χ3v) is 6.95. The molecule has 32 heavy (non-hydrogen) atoms. The third kappa shape index (κ3) is 5.54. The molecule has 2 aromatic rings. The molecule has 2 heterocycles. The number of pyridine rings is 1. The largest absolute Gasteiger partial charge is 0.355 e. The maximum atomic E-state index is 12.9. The highest BCUT2D eigenvalue weighted by molar-refractivity contribution is 5.99. The second-order valence-corrected chi connectivity index (χ2v) is 9.59. The van der Waals surface area contributed by atoms with Gasteiger partial charge in [-0.3, -0.25) is 14.6 Å². The lowest BCUT2D eigenvalue weighted by molar-refractivity contribution is -0.121. The predicted octanol–water partition coefficient (Wildman–Crippen LogP) is 3.45. The summed E-state index contributed by atoms with van der Waals surface area (Å²) in [4.78, 5) is 31.1. The number of nitrogens with one attached hydrogen (secondary N) is 2. The summed E-state index contributed by atoms with van der Waals surface area (Å²) >= 11 is 0. The highest BCUT2D eigenvalue weighted by atomic mass is 16.2. The molecule has 2 amide bonds. The number of carbonyl (C=O) groups excluding carboxylic acids is 2. The van der Waals surface area contributed by atoms with Crippen molar-refractivity contribution in [1.29, 1.82) is 0 Å². The average Bonchev–Trinajstić information content (AvgIpc) is 3.51. The van der Waals surface area contributed by atoms with Gasteiger partial charge in [-0.25, -0.2) is 0 Å². The summed E-state index contributed by atoms with van der Waals surface area (Å²) in [5.74, 6) is 1.16. The minimum Gasteiger partial charge on any atom is -0.355 e. The molecular weight excluding hydrogens is 400 g/mol. The Morgan fingerprint density at radius 3 is 2.78 bits per heavy atom. The van der Waals surface area contributed by atoms with Crippen LogP contribution in [0.4, 0.5) is 5.69 Å². The van der Waals surface area contributed by atoms with Gasteiger partial charge in [0.25, 0.3) is 0 Å². The average molecular weight is 435 g/mol. The molecule has 1 fully saturated rings. The van der Waals surface area contributed by atoms with E-state index in [1.807, 2.05) is 18.3 Å². The van der Waals surface area contributed by atoms with Gasteiger partial charge in [0.2, 0.25) is 11.8 Å². The molecule has 1 aliphatic heterocycles. The van der Waals surface area contributed by atoms with E-state index >= 15 is 0 Å². The van der Waals surface area contributed by atoms with Crippen LogP contribution in [0.25, 0.3) is 0 Å². The van der Waals surface area contributed by atoms with Crippen molar-refractivity contribution in [3.8, 4) is 0 Å². The standard InChI is InChI=1S/C26H34N4O2/c1-17-19(8-9-24-23(17)14-26(32)29-24)12-22(30(2)3)16-28-25(31)13-21(11-18-6-7-18)20-5-4-10-27-15-20/h4-5,8-10,15,18,21-22H,6-7,11-14,16H2,1-3H3,(H,28,31)(H,29,32)/t21-,22+/m1/s1. The first-order valence-electron chi connectivity index (χ1n) is 11.6. The molecule has 1 saturated carbocycles. The predicted molar refractivity (Wildman–Crippen MR) is 127 cm³/mol. The van der Waals surface area contributed by atoms with E-state index in [9.17, 15) is 9.59 Å². The molecule has 4 rings (SSSR count). The van der Waals surface area contributed by atoms with E-state index in [4.69, 9.17) is 0 Å². The molecule has 0 radical (unpaired) electrons. The molecule has 0 saturated heterocycles. The molecule has 1 aliphatic carbocycles. The van der Waals surface area contributed by atoms with Gasteiger partial charge in [-0.2, -0.15) is 0 Å². The molecule has 2 aliphatic rings. The van der Waals surface area contributed by atoms with E-state index < -0.39 is 0 Å².